The normalized spacial score (nSPS) is 14.7. The third kappa shape index (κ3) is 5.17. The first-order chi connectivity index (χ1) is 15.5. The van der Waals surface area contributed by atoms with Gasteiger partial charge >= 0.3 is 0 Å². The number of ether oxygens (including phenoxy) is 1. The molecule has 1 unspecified atom stereocenters. The van der Waals surface area contributed by atoms with Gasteiger partial charge in [-0.15, -0.1) is 0 Å². The first-order valence-corrected chi connectivity index (χ1v) is 10.9. The maximum absolute atomic E-state index is 12.6. The van der Waals surface area contributed by atoms with Crippen LogP contribution in [0.5, 0.6) is 5.75 Å². The summed E-state index contributed by atoms with van der Waals surface area (Å²) < 4.78 is 5.81. The van der Waals surface area contributed by atoms with Crippen molar-refractivity contribution in [3.63, 3.8) is 0 Å². The summed E-state index contributed by atoms with van der Waals surface area (Å²) in [7, 11) is 0. The molecule has 1 fully saturated rings. The highest BCUT2D eigenvalue weighted by Crippen LogP contribution is 2.21. The molecule has 3 aromatic rings. The summed E-state index contributed by atoms with van der Waals surface area (Å²) in [5.41, 5.74) is 3.55. The number of hydrogen-bond acceptors (Lipinski definition) is 6. The molecule has 0 aliphatic carbocycles. The van der Waals surface area contributed by atoms with Gasteiger partial charge in [-0.25, -0.2) is 9.97 Å². The average molecular weight is 432 g/mol. The highest BCUT2D eigenvalue weighted by atomic mass is 16.5. The van der Waals surface area contributed by atoms with Gasteiger partial charge in [0.1, 0.15) is 23.7 Å². The predicted octanol–water partition coefficient (Wildman–Crippen LogP) is 3.83. The van der Waals surface area contributed by atoms with E-state index in [1.165, 1.54) is 17.6 Å². The molecule has 1 atom stereocenters. The molecular formula is C25H29N5O2. The maximum Gasteiger partial charge on any atom is 0.266 e. The molecule has 1 N–H and O–H groups in total. The van der Waals surface area contributed by atoms with E-state index in [1.54, 1.807) is 6.92 Å². The van der Waals surface area contributed by atoms with Crippen molar-refractivity contribution in [2.24, 2.45) is 0 Å². The Kier molecular flexibility index (Phi) is 6.54. The van der Waals surface area contributed by atoms with Crippen LogP contribution in [0.4, 0.5) is 17.3 Å². The fourth-order valence-corrected chi connectivity index (χ4v) is 3.69. The Morgan fingerprint density at radius 1 is 0.938 bits per heavy atom. The third-order valence-corrected chi connectivity index (χ3v) is 5.79. The summed E-state index contributed by atoms with van der Waals surface area (Å²) in [4.78, 5) is 25.8. The number of aromatic nitrogens is 2. The monoisotopic (exact) mass is 431 g/mol. The number of aryl methyl sites for hydroxylation is 2. The second-order valence-corrected chi connectivity index (χ2v) is 8.07. The number of rotatable bonds is 6. The van der Waals surface area contributed by atoms with Crippen LogP contribution in [0.15, 0.2) is 60.9 Å². The number of piperazine rings is 1. The van der Waals surface area contributed by atoms with E-state index in [0.29, 0.717) is 11.6 Å². The van der Waals surface area contributed by atoms with Gasteiger partial charge < -0.3 is 19.9 Å². The van der Waals surface area contributed by atoms with Gasteiger partial charge in [-0.2, -0.15) is 0 Å². The molecule has 1 aliphatic rings. The minimum absolute atomic E-state index is 0.248. The van der Waals surface area contributed by atoms with Crippen molar-refractivity contribution in [2.75, 3.05) is 41.3 Å². The van der Waals surface area contributed by atoms with Gasteiger partial charge in [-0.05, 0) is 56.2 Å². The Morgan fingerprint density at radius 2 is 1.66 bits per heavy atom. The number of nitrogens with one attached hydrogen (secondary N) is 1. The summed E-state index contributed by atoms with van der Waals surface area (Å²) >= 11 is 0. The van der Waals surface area contributed by atoms with Crippen LogP contribution in [-0.4, -0.2) is 48.2 Å². The fourth-order valence-electron chi connectivity index (χ4n) is 3.69. The van der Waals surface area contributed by atoms with Gasteiger partial charge in [0, 0.05) is 37.9 Å². The Balaban J connectivity index is 1.34. The van der Waals surface area contributed by atoms with E-state index < -0.39 is 6.10 Å². The molecule has 0 bridgehead atoms. The van der Waals surface area contributed by atoms with Gasteiger partial charge in [0.25, 0.3) is 5.91 Å². The first-order valence-electron chi connectivity index (χ1n) is 10.9. The Labute approximate surface area is 189 Å². The predicted molar refractivity (Wildman–Crippen MR) is 128 cm³/mol. The minimum atomic E-state index is -0.648. The lowest BCUT2D eigenvalue weighted by Crippen LogP contribution is -2.46. The van der Waals surface area contributed by atoms with Crippen LogP contribution in [0.25, 0.3) is 0 Å². The number of amides is 1. The number of para-hydroxylation sites is 1. The van der Waals surface area contributed by atoms with E-state index in [0.717, 1.165) is 37.6 Å². The van der Waals surface area contributed by atoms with Crippen molar-refractivity contribution in [1.82, 2.24) is 9.97 Å². The van der Waals surface area contributed by atoms with E-state index in [1.807, 2.05) is 44.2 Å². The maximum atomic E-state index is 12.6. The van der Waals surface area contributed by atoms with Crippen LogP contribution in [0.1, 0.15) is 18.1 Å². The number of carbonyl (C=O) groups excluding carboxylic acids is 1. The number of benzene rings is 2. The van der Waals surface area contributed by atoms with Crippen molar-refractivity contribution in [1.29, 1.82) is 0 Å². The molecule has 7 heteroatoms. The molecule has 0 radical (unpaired) electrons. The smallest absolute Gasteiger partial charge is 0.266 e. The molecule has 32 heavy (non-hydrogen) atoms. The van der Waals surface area contributed by atoms with E-state index in [9.17, 15) is 4.79 Å². The van der Waals surface area contributed by atoms with Gasteiger partial charge in [0.15, 0.2) is 6.10 Å². The number of carbonyl (C=O) groups is 1. The molecule has 2 heterocycles. The van der Waals surface area contributed by atoms with Crippen LogP contribution < -0.4 is 19.9 Å². The van der Waals surface area contributed by atoms with Crippen molar-refractivity contribution in [2.45, 2.75) is 26.9 Å². The van der Waals surface area contributed by atoms with Crippen molar-refractivity contribution >= 4 is 23.2 Å². The van der Waals surface area contributed by atoms with Gasteiger partial charge in [-0.1, -0.05) is 24.3 Å². The topological polar surface area (TPSA) is 70.6 Å². The van der Waals surface area contributed by atoms with E-state index in [-0.39, 0.29) is 5.91 Å². The summed E-state index contributed by atoms with van der Waals surface area (Å²) in [6.07, 6.45) is 0.841. The number of anilines is 3. The zero-order valence-electron chi connectivity index (χ0n) is 18.8. The molecule has 0 spiro atoms. The SMILES string of the molecule is Cc1ccc(OC(C)C(=O)Nc2cc(N3CCN(c4ccccc4)CC3)ncn2)cc1C. The Morgan fingerprint density at radius 3 is 2.38 bits per heavy atom. The molecule has 1 aromatic heterocycles. The zero-order chi connectivity index (χ0) is 22.5. The van der Waals surface area contributed by atoms with E-state index >= 15 is 0 Å². The lowest BCUT2D eigenvalue weighted by Gasteiger charge is -2.36. The van der Waals surface area contributed by atoms with E-state index in [4.69, 9.17) is 4.74 Å². The van der Waals surface area contributed by atoms with Crippen molar-refractivity contribution in [3.05, 3.63) is 72.1 Å². The molecule has 7 nitrogen and oxygen atoms in total. The quantitative estimate of drug-likeness (QED) is 0.640. The zero-order valence-corrected chi connectivity index (χ0v) is 18.8. The summed E-state index contributed by atoms with van der Waals surface area (Å²) in [5.74, 6) is 1.71. The summed E-state index contributed by atoms with van der Waals surface area (Å²) in [6.45, 7) is 9.33. The lowest BCUT2D eigenvalue weighted by atomic mass is 10.1. The number of nitrogens with zero attached hydrogens (tertiary/aromatic N) is 4. The second-order valence-electron chi connectivity index (χ2n) is 8.07. The lowest BCUT2D eigenvalue weighted by molar-refractivity contribution is -0.122. The largest absolute Gasteiger partial charge is 0.481 e. The number of hydrogen-bond donors (Lipinski definition) is 1. The Bertz CT molecular complexity index is 1060. The van der Waals surface area contributed by atoms with Crippen LogP contribution in [0.3, 0.4) is 0 Å². The molecule has 1 amide bonds. The molecule has 1 saturated heterocycles. The average Bonchev–Trinajstić information content (AvgIpc) is 2.82. The molecular weight excluding hydrogens is 402 g/mol. The summed E-state index contributed by atoms with van der Waals surface area (Å²) in [5, 5.41) is 2.85. The minimum Gasteiger partial charge on any atom is -0.481 e. The van der Waals surface area contributed by atoms with Crippen molar-refractivity contribution in [3.8, 4) is 5.75 Å². The van der Waals surface area contributed by atoms with Crippen LogP contribution in [0.2, 0.25) is 0 Å². The fraction of sp³-hybridized carbons (Fsp3) is 0.320. The molecule has 4 rings (SSSR count). The first kappa shape index (κ1) is 21.6. The van der Waals surface area contributed by atoms with Gasteiger partial charge in [0.2, 0.25) is 0 Å². The molecule has 166 valence electrons. The van der Waals surface area contributed by atoms with Gasteiger partial charge in [0.05, 0.1) is 0 Å². The van der Waals surface area contributed by atoms with E-state index in [2.05, 4.69) is 49.4 Å². The highest BCUT2D eigenvalue weighted by molar-refractivity contribution is 5.93. The van der Waals surface area contributed by atoms with Gasteiger partial charge in [-0.3, -0.25) is 4.79 Å². The Hall–Kier alpha value is -3.61. The van der Waals surface area contributed by atoms with Crippen LogP contribution in [0, 0.1) is 13.8 Å². The molecule has 1 aliphatic heterocycles. The van der Waals surface area contributed by atoms with Crippen LogP contribution in [-0.2, 0) is 4.79 Å². The summed E-state index contributed by atoms with van der Waals surface area (Å²) in [6, 6.07) is 18.1. The third-order valence-electron chi connectivity index (χ3n) is 5.79. The molecule has 0 saturated carbocycles. The highest BCUT2D eigenvalue weighted by Gasteiger charge is 2.20. The van der Waals surface area contributed by atoms with Crippen molar-refractivity contribution < 1.29 is 9.53 Å². The van der Waals surface area contributed by atoms with Crippen LogP contribution >= 0.6 is 0 Å². The molecule has 2 aromatic carbocycles. The standard InChI is InChI=1S/C25H29N5O2/c1-18-9-10-22(15-19(18)2)32-20(3)25(31)28-23-16-24(27-17-26-23)30-13-11-29(12-14-30)21-7-5-4-6-8-21/h4-10,15-17,20H,11-14H2,1-3H3,(H,26,27,28,31). The second kappa shape index (κ2) is 9.68.